The Hall–Kier alpha value is -5.61. The van der Waals surface area contributed by atoms with Gasteiger partial charge in [-0.3, -0.25) is 19.6 Å². The number of anilines is 2. The van der Waals surface area contributed by atoms with Crippen LogP contribution in [0.2, 0.25) is 0 Å². The number of pyridine rings is 1. The molecule has 2 saturated heterocycles. The molecule has 12 nitrogen and oxygen atoms in total. The fourth-order valence-corrected chi connectivity index (χ4v) is 7.93. The number of benzene rings is 3. The molecule has 0 bridgehead atoms. The average Bonchev–Trinajstić information content (AvgIpc) is 3.89. The molecule has 3 atom stereocenters. The van der Waals surface area contributed by atoms with E-state index in [0.717, 1.165) is 81.4 Å². The number of nitrogens with zero attached hydrogens (tertiary/aromatic N) is 6. The second-order valence-electron chi connectivity index (χ2n) is 14.5. The summed E-state index contributed by atoms with van der Waals surface area (Å²) in [5.74, 6) is 0.109. The number of fused-ring (bicyclic) bond motifs is 2. The van der Waals surface area contributed by atoms with Gasteiger partial charge in [0.05, 0.1) is 23.3 Å². The van der Waals surface area contributed by atoms with Crippen LogP contribution in [0.25, 0.3) is 33.7 Å². The second kappa shape index (κ2) is 14.1. The summed E-state index contributed by atoms with van der Waals surface area (Å²) in [6, 6.07) is 20.4. The van der Waals surface area contributed by atoms with Crippen LogP contribution < -0.4 is 10.6 Å². The first-order chi connectivity index (χ1) is 25.6. The van der Waals surface area contributed by atoms with Gasteiger partial charge in [0.25, 0.3) is 0 Å². The highest BCUT2D eigenvalue weighted by atomic mass is 16.4. The maximum Gasteiger partial charge on any atom is 0.307 e. The number of oxazole rings is 1. The van der Waals surface area contributed by atoms with Gasteiger partial charge in [0, 0.05) is 50.2 Å². The first kappa shape index (κ1) is 34.5. The number of rotatable bonds is 9. The molecular weight excluding hydrogens is 669 g/mol. The molecule has 2 aromatic heterocycles. The third-order valence-electron chi connectivity index (χ3n) is 10.7. The lowest BCUT2D eigenvalue weighted by Crippen LogP contribution is -2.25. The number of aliphatic imine (C=N–C) groups is 1. The Bertz CT molecular complexity index is 2310. The summed E-state index contributed by atoms with van der Waals surface area (Å²) in [6.07, 6.45) is 2.69. The van der Waals surface area contributed by atoms with Gasteiger partial charge in [0.2, 0.25) is 5.89 Å². The molecule has 0 saturated carbocycles. The van der Waals surface area contributed by atoms with Crippen molar-refractivity contribution in [2.24, 2.45) is 10.9 Å². The third-order valence-corrected chi connectivity index (χ3v) is 10.7. The Kier molecular flexibility index (Phi) is 9.16. The highest BCUT2D eigenvalue weighted by Gasteiger charge is 2.29. The van der Waals surface area contributed by atoms with Crippen LogP contribution in [0.4, 0.5) is 11.4 Å². The van der Waals surface area contributed by atoms with Gasteiger partial charge >= 0.3 is 5.97 Å². The summed E-state index contributed by atoms with van der Waals surface area (Å²) in [7, 11) is 0. The zero-order valence-electron chi connectivity index (χ0n) is 30.1. The molecule has 0 spiro atoms. The molecule has 270 valence electrons. The molecule has 3 aliphatic heterocycles. The number of β-amino-alcohol motifs (C(OH)–C–C–N with tert-alkyl or cyclic N) is 1. The molecule has 0 aliphatic carbocycles. The molecule has 0 radical (unpaired) electrons. The van der Waals surface area contributed by atoms with Crippen LogP contribution in [-0.4, -0.2) is 74.1 Å². The van der Waals surface area contributed by atoms with Crippen LogP contribution in [0.1, 0.15) is 59.4 Å². The zero-order valence-corrected chi connectivity index (χ0v) is 30.1. The summed E-state index contributed by atoms with van der Waals surface area (Å²) >= 11 is 0. The molecule has 5 aromatic rings. The first-order valence-electron chi connectivity index (χ1n) is 18.1. The number of carboxylic acid groups (broad SMARTS) is 1. The fourth-order valence-electron chi connectivity index (χ4n) is 7.93. The number of likely N-dealkylation sites (tertiary alicyclic amines) is 2. The van der Waals surface area contributed by atoms with E-state index in [1.54, 1.807) is 0 Å². The Morgan fingerprint density at radius 3 is 2.47 bits per heavy atom. The summed E-state index contributed by atoms with van der Waals surface area (Å²) < 4.78 is 6.29. The molecule has 2 fully saturated rings. The Morgan fingerprint density at radius 2 is 1.72 bits per heavy atom. The van der Waals surface area contributed by atoms with Gasteiger partial charge in [-0.05, 0) is 104 Å². The number of aliphatic hydroxyl groups is 1. The molecular formula is C41H42N8O4. The number of aliphatic hydroxyl groups excluding tert-OH is 1. The van der Waals surface area contributed by atoms with Crippen LogP contribution in [0, 0.1) is 31.1 Å². The van der Waals surface area contributed by atoms with Crippen molar-refractivity contribution in [1.82, 2.24) is 19.8 Å². The highest BCUT2D eigenvalue weighted by molar-refractivity contribution is 5.96. The van der Waals surface area contributed by atoms with E-state index in [9.17, 15) is 20.3 Å². The summed E-state index contributed by atoms with van der Waals surface area (Å²) in [5, 5.41) is 36.4. The van der Waals surface area contributed by atoms with Crippen molar-refractivity contribution in [2.45, 2.75) is 59.0 Å². The van der Waals surface area contributed by atoms with Crippen LogP contribution in [0.3, 0.4) is 0 Å². The third kappa shape index (κ3) is 6.87. The molecule has 8 rings (SSSR count). The predicted molar refractivity (Wildman–Crippen MR) is 203 cm³/mol. The van der Waals surface area contributed by atoms with Gasteiger partial charge in [0.15, 0.2) is 11.7 Å². The second-order valence-corrected chi connectivity index (χ2v) is 14.5. The number of hydrogen-bond donors (Lipinski definition) is 4. The standard InChI is InChI=1S/C41H42N8O4/c1-23-31(6-4-8-33(23)40-47-36-15-26(14-29(17-42)38(36)53-40)19-48-12-10-28(21-48)41(51)52)32-7-5-9-34(24(32)2)46-39-37-35(44-25(3)45-39)16-27(18-43-37)20-49-13-11-30(50)22-49/h4-9,14-16,18,28,30,39,46,50H,10-13,19-22H2,1-3H3,(H,44,45)(H,51,52)/t28-,30-,39?/m1/s1. The number of nitriles is 1. The van der Waals surface area contributed by atoms with Crippen molar-refractivity contribution in [3.63, 3.8) is 0 Å². The molecule has 5 heterocycles. The monoisotopic (exact) mass is 710 g/mol. The first-order valence-corrected chi connectivity index (χ1v) is 18.1. The van der Waals surface area contributed by atoms with Crippen LogP contribution >= 0.6 is 0 Å². The summed E-state index contributed by atoms with van der Waals surface area (Å²) in [6.45, 7) is 10.2. The highest BCUT2D eigenvalue weighted by Crippen LogP contribution is 2.38. The Labute approximate surface area is 307 Å². The van der Waals surface area contributed by atoms with E-state index in [1.807, 2.05) is 43.5 Å². The van der Waals surface area contributed by atoms with Crippen molar-refractivity contribution >= 4 is 34.3 Å². The molecule has 3 aliphatic rings. The zero-order chi connectivity index (χ0) is 36.8. The van der Waals surface area contributed by atoms with Crippen LogP contribution in [-0.2, 0) is 17.9 Å². The van der Waals surface area contributed by atoms with Crippen molar-refractivity contribution < 1.29 is 19.4 Å². The lowest BCUT2D eigenvalue weighted by molar-refractivity contribution is -0.141. The van der Waals surface area contributed by atoms with E-state index in [4.69, 9.17) is 19.4 Å². The number of aliphatic carboxylic acids is 1. The quantitative estimate of drug-likeness (QED) is 0.133. The van der Waals surface area contributed by atoms with Crippen molar-refractivity contribution in [2.75, 3.05) is 36.8 Å². The summed E-state index contributed by atoms with van der Waals surface area (Å²) in [5.41, 5.74) is 11.1. The molecule has 4 N–H and O–H groups in total. The van der Waals surface area contributed by atoms with Crippen LogP contribution in [0.5, 0.6) is 0 Å². The van der Waals surface area contributed by atoms with Crippen molar-refractivity contribution in [3.8, 4) is 28.7 Å². The number of amidine groups is 1. The lowest BCUT2D eigenvalue weighted by atomic mass is 9.92. The molecule has 12 heteroatoms. The normalized spacial score (nSPS) is 20.2. The average molecular weight is 711 g/mol. The fraction of sp³-hybridized carbons (Fsp3) is 0.341. The van der Waals surface area contributed by atoms with E-state index < -0.39 is 5.97 Å². The molecule has 0 amide bonds. The Morgan fingerprint density at radius 1 is 0.981 bits per heavy atom. The van der Waals surface area contributed by atoms with Crippen molar-refractivity contribution in [1.29, 1.82) is 5.26 Å². The number of hydrogen-bond acceptors (Lipinski definition) is 11. The maximum atomic E-state index is 11.5. The lowest BCUT2D eigenvalue weighted by Gasteiger charge is -2.26. The van der Waals surface area contributed by atoms with E-state index in [1.165, 1.54) is 0 Å². The maximum absolute atomic E-state index is 11.5. The van der Waals surface area contributed by atoms with Gasteiger partial charge in [-0.2, -0.15) is 5.26 Å². The van der Waals surface area contributed by atoms with E-state index in [0.29, 0.717) is 55.2 Å². The van der Waals surface area contributed by atoms with Gasteiger partial charge in [0.1, 0.15) is 23.1 Å². The van der Waals surface area contributed by atoms with E-state index in [2.05, 4.69) is 64.6 Å². The van der Waals surface area contributed by atoms with Gasteiger partial charge in [-0.25, -0.2) is 9.98 Å². The topological polar surface area (TPSA) is 163 Å². The minimum atomic E-state index is -0.767. The minimum Gasteiger partial charge on any atom is -0.481 e. The number of carbonyl (C=O) groups is 1. The largest absolute Gasteiger partial charge is 0.481 e. The number of carboxylic acids is 1. The predicted octanol–water partition coefficient (Wildman–Crippen LogP) is 6.47. The SMILES string of the molecule is CC1=NC(Nc2cccc(-c3cccc(-c4nc5cc(CN6CC[C@@H](C(=O)O)C6)cc(C#N)c5o4)c3C)c2C)c2ncc(CN3CC[C@@H](O)C3)cc2N1. The minimum absolute atomic E-state index is 0.260. The van der Waals surface area contributed by atoms with Gasteiger partial charge in [-0.1, -0.05) is 24.3 Å². The number of aromatic nitrogens is 2. The van der Waals surface area contributed by atoms with Crippen molar-refractivity contribution in [3.05, 3.63) is 94.3 Å². The number of nitrogens with one attached hydrogen (secondary N) is 2. The Balaban J connectivity index is 1.06. The van der Waals surface area contributed by atoms with E-state index >= 15 is 0 Å². The van der Waals surface area contributed by atoms with E-state index in [-0.39, 0.29) is 18.2 Å². The van der Waals surface area contributed by atoms with Gasteiger partial charge in [-0.15, -0.1) is 0 Å². The van der Waals surface area contributed by atoms with Gasteiger partial charge < -0.3 is 25.3 Å². The molecule has 1 unspecified atom stereocenters. The smallest absolute Gasteiger partial charge is 0.307 e. The summed E-state index contributed by atoms with van der Waals surface area (Å²) in [4.78, 5) is 30.4. The molecule has 53 heavy (non-hydrogen) atoms. The van der Waals surface area contributed by atoms with Crippen LogP contribution in [0.15, 0.2) is 70.2 Å². The molecule has 3 aromatic carbocycles.